The number of rotatable bonds is 7. The number of hydrogen-bond acceptors (Lipinski definition) is 4. The minimum atomic E-state index is 0.605. The third-order valence-corrected chi connectivity index (χ3v) is 2.03. The van der Waals surface area contributed by atoms with Crippen LogP contribution in [0.2, 0.25) is 5.02 Å². The van der Waals surface area contributed by atoms with E-state index in [2.05, 4.69) is 10.3 Å². The van der Waals surface area contributed by atoms with E-state index in [1.165, 1.54) is 0 Å². The lowest BCUT2D eigenvalue weighted by molar-refractivity contribution is 0.0759. The summed E-state index contributed by atoms with van der Waals surface area (Å²) in [6, 6.07) is 3.59. The van der Waals surface area contributed by atoms with E-state index in [0.29, 0.717) is 37.2 Å². The van der Waals surface area contributed by atoms with Gasteiger partial charge in [0.2, 0.25) is 0 Å². The lowest BCUT2D eigenvalue weighted by Crippen LogP contribution is -2.12. The van der Waals surface area contributed by atoms with Gasteiger partial charge in [-0.05, 0) is 12.1 Å². The summed E-state index contributed by atoms with van der Waals surface area (Å²) in [5.41, 5.74) is 0. The van der Waals surface area contributed by atoms with Gasteiger partial charge >= 0.3 is 0 Å². The van der Waals surface area contributed by atoms with Crippen molar-refractivity contribution in [2.75, 3.05) is 38.8 Å². The maximum absolute atomic E-state index is 5.90. The first-order valence-electron chi connectivity index (χ1n) is 4.75. The molecule has 1 aromatic heterocycles. The highest BCUT2D eigenvalue weighted by molar-refractivity contribution is 6.32. The van der Waals surface area contributed by atoms with E-state index in [0.717, 1.165) is 0 Å². The Kier molecular flexibility index (Phi) is 6.08. The van der Waals surface area contributed by atoms with Crippen molar-refractivity contribution in [3.8, 4) is 0 Å². The zero-order valence-electron chi connectivity index (χ0n) is 8.70. The molecule has 0 bridgehead atoms. The molecular formula is C10H15ClN2O2. The topological polar surface area (TPSA) is 43.4 Å². The van der Waals surface area contributed by atoms with Crippen molar-refractivity contribution in [1.29, 1.82) is 0 Å². The van der Waals surface area contributed by atoms with Gasteiger partial charge in [0, 0.05) is 19.9 Å². The summed E-state index contributed by atoms with van der Waals surface area (Å²) in [5, 5.41) is 3.70. The van der Waals surface area contributed by atoms with E-state index in [9.17, 15) is 0 Å². The largest absolute Gasteiger partial charge is 0.382 e. The minimum absolute atomic E-state index is 0.605. The molecule has 0 saturated carbocycles. The lowest BCUT2D eigenvalue weighted by Gasteiger charge is -2.07. The molecule has 15 heavy (non-hydrogen) atoms. The van der Waals surface area contributed by atoms with Gasteiger partial charge in [-0.3, -0.25) is 0 Å². The minimum Gasteiger partial charge on any atom is -0.382 e. The summed E-state index contributed by atoms with van der Waals surface area (Å²) < 4.78 is 10.1. The van der Waals surface area contributed by atoms with Gasteiger partial charge < -0.3 is 14.8 Å². The number of hydrogen-bond donors (Lipinski definition) is 1. The molecule has 0 atom stereocenters. The number of aromatic nitrogens is 1. The van der Waals surface area contributed by atoms with E-state index in [1.54, 1.807) is 25.4 Å². The predicted molar refractivity (Wildman–Crippen MR) is 60.4 cm³/mol. The van der Waals surface area contributed by atoms with Crippen molar-refractivity contribution in [3.05, 3.63) is 23.4 Å². The zero-order chi connectivity index (χ0) is 10.9. The summed E-state index contributed by atoms with van der Waals surface area (Å²) >= 11 is 5.90. The first kappa shape index (κ1) is 12.2. The molecule has 0 fully saturated rings. The molecule has 0 amide bonds. The van der Waals surface area contributed by atoms with Crippen molar-refractivity contribution >= 4 is 17.4 Å². The van der Waals surface area contributed by atoms with Crippen LogP contribution in [0.15, 0.2) is 18.3 Å². The predicted octanol–water partition coefficient (Wildman–Crippen LogP) is 1.81. The second-order valence-electron chi connectivity index (χ2n) is 2.87. The molecule has 4 nitrogen and oxygen atoms in total. The third-order valence-electron chi connectivity index (χ3n) is 1.73. The van der Waals surface area contributed by atoms with E-state index in [1.807, 2.05) is 0 Å². The first-order valence-corrected chi connectivity index (χ1v) is 5.13. The molecule has 1 aromatic rings. The normalized spacial score (nSPS) is 10.3. The number of halogens is 1. The number of anilines is 1. The fourth-order valence-corrected chi connectivity index (χ4v) is 1.19. The Morgan fingerprint density at radius 3 is 3.00 bits per heavy atom. The molecule has 1 rings (SSSR count). The second kappa shape index (κ2) is 7.45. The fourth-order valence-electron chi connectivity index (χ4n) is 1.00. The van der Waals surface area contributed by atoms with Crippen LogP contribution in [0.4, 0.5) is 5.82 Å². The van der Waals surface area contributed by atoms with Gasteiger partial charge in [0.1, 0.15) is 5.82 Å². The highest BCUT2D eigenvalue weighted by Gasteiger charge is 1.98. The Labute approximate surface area is 94.6 Å². The summed E-state index contributed by atoms with van der Waals surface area (Å²) in [6.45, 7) is 2.51. The highest BCUT2D eigenvalue weighted by Crippen LogP contribution is 2.16. The maximum Gasteiger partial charge on any atom is 0.144 e. The molecular weight excluding hydrogens is 216 g/mol. The van der Waals surface area contributed by atoms with Crippen LogP contribution in [0.3, 0.4) is 0 Å². The number of pyridine rings is 1. The molecule has 0 aliphatic rings. The Bertz CT molecular complexity index is 284. The molecule has 0 spiro atoms. The van der Waals surface area contributed by atoms with E-state index in [4.69, 9.17) is 21.1 Å². The van der Waals surface area contributed by atoms with E-state index >= 15 is 0 Å². The average Bonchev–Trinajstić information content (AvgIpc) is 2.25. The molecule has 5 heteroatoms. The van der Waals surface area contributed by atoms with E-state index in [-0.39, 0.29) is 0 Å². The third kappa shape index (κ3) is 4.97. The van der Waals surface area contributed by atoms with Crippen molar-refractivity contribution in [2.24, 2.45) is 0 Å². The molecule has 1 heterocycles. The maximum atomic E-state index is 5.90. The molecule has 1 N–H and O–H groups in total. The van der Waals surface area contributed by atoms with Crippen molar-refractivity contribution in [2.45, 2.75) is 0 Å². The van der Waals surface area contributed by atoms with Crippen LogP contribution in [0, 0.1) is 0 Å². The molecule has 84 valence electrons. The molecule has 0 radical (unpaired) electrons. The summed E-state index contributed by atoms with van der Waals surface area (Å²) in [7, 11) is 1.65. The summed E-state index contributed by atoms with van der Waals surface area (Å²) in [4.78, 5) is 4.09. The van der Waals surface area contributed by atoms with Crippen molar-refractivity contribution in [1.82, 2.24) is 4.98 Å². The van der Waals surface area contributed by atoms with Gasteiger partial charge in [-0.1, -0.05) is 11.6 Å². The monoisotopic (exact) mass is 230 g/mol. The van der Waals surface area contributed by atoms with Crippen LogP contribution in [0.25, 0.3) is 0 Å². The Hall–Kier alpha value is -0.840. The number of nitrogens with one attached hydrogen (secondary N) is 1. The first-order chi connectivity index (χ1) is 7.34. The second-order valence-corrected chi connectivity index (χ2v) is 3.27. The van der Waals surface area contributed by atoms with Crippen molar-refractivity contribution in [3.63, 3.8) is 0 Å². The summed E-state index contributed by atoms with van der Waals surface area (Å²) in [6.07, 6.45) is 1.69. The van der Waals surface area contributed by atoms with Gasteiger partial charge in [-0.15, -0.1) is 0 Å². The van der Waals surface area contributed by atoms with Crippen LogP contribution in [-0.4, -0.2) is 38.5 Å². The number of nitrogens with zero attached hydrogens (tertiary/aromatic N) is 1. The van der Waals surface area contributed by atoms with Crippen LogP contribution < -0.4 is 5.32 Å². The average molecular weight is 231 g/mol. The van der Waals surface area contributed by atoms with Gasteiger partial charge in [-0.25, -0.2) is 4.98 Å². The molecule has 0 saturated heterocycles. The zero-order valence-corrected chi connectivity index (χ0v) is 9.46. The molecule has 0 aliphatic heterocycles. The van der Waals surface area contributed by atoms with Crippen LogP contribution >= 0.6 is 11.6 Å². The Morgan fingerprint density at radius 2 is 2.27 bits per heavy atom. The van der Waals surface area contributed by atoms with Gasteiger partial charge in [0.25, 0.3) is 0 Å². The van der Waals surface area contributed by atoms with Crippen LogP contribution in [0.5, 0.6) is 0 Å². The molecule has 0 aliphatic carbocycles. The SMILES string of the molecule is COCCOCCNc1ncccc1Cl. The molecule has 0 aromatic carbocycles. The van der Waals surface area contributed by atoms with Gasteiger partial charge in [0.15, 0.2) is 0 Å². The highest BCUT2D eigenvalue weighted by atomic mass is 35.5. The fraction of sp³-hybridized carbons (Fsp3) is 0.500. The van der Waals surface area contributed by atoms with Crippen LogP contribution in [-0.2, 0) is 9.47 Å². The van der Waals surface area contributed by atoms with Crippen molar-refractivity contribution < 1.29 is 9.47 Å². The van der Waals surface area contributed by atoms with Gasteiger partial charge in [0.05, 0.1) is 24.8 Å². The van der Waals surface area contributed by atoms with Crippen LogP contribution in [0.1, 0.15) is 0 Å². The Morgan fingerprint density at radius 1 is 1.40 bits per heavy atom. The Balaban J connectivity index is 2.12. The molecule has 0 unspecified atom stereocenters. The van der Waals surface area contributed by atoms with Gasteiger partial charge in [-0.2, -0.15) is 0 Å². The summed E-state index contributed by atoms with van der Waals surface area (Å²) in [5.74, 6) is 0.689. The standard InChI is InChI=1S/C10H15ClN2O2/c1-14-7-8-15-6-5-13-10-9(11)3-2-4-12-10/h2-4H,5-8H2,1H3,(H,12,13). The van der Waals surface area contributed by atoms with E-state index < -0.39 is 0 Å². The lowest BCUT2D eigenvalue weighted by atomic mass is 10.4. The quantitative estimate of drug-likeness (QED) is 0.726. The smallest absolute Gasteiger partial charge is 0.144 e. The number of methoxy groups -OCH3 is 1. The number of ether oxygens (including phenoxy) is 2.